The second-order valence-corrected chi connectivity index (χ2v) is 12.1. The van der Waals surface area contributed by atoms with Crippen molar-refractivity contribution in [2.75, 3.05) is 24.0 Å². The summed E-state index contributed by atoms with van der Waals surface area (Å²) in [6, 6.07) is 23.8. The summed E-state index contributed by atoms with van der Waals surface area (Å²) in [7, 11) is 3.13. The van der Waals surface area contributed by atoms with Crippen LogP contribution in [0.1, 0.15) is 12.0 Å². The van der Waals surface area contributed by atoms with Crippen molar-refractivity contribution in [3.05, 3.63) is 102 Å². The number of fused-ring (bicyclic) bond motifs is 1. The van der Waals surface area contributed by atoms with E-state index in [-0.39, 0.29) is 35.5 Å². The Morgan fingerprint density at radius 3 is 1.73 bits per heavy atom. The van der Waals surface area contributed by atoms with Gasteiger partial charge in [0.25, 0.3) is 0 Å². The first-order chi connectivity index (χ1) is 21.4. The van der Waals surface area contributed by atoms with Crippen LogP contribution >= 0.6 is 0 Å². The molecule has 2 bridgehead atoms. The van der Waals surface area contributed by atoms with E-state index in [0.717, 1.165) is 16.7 Å². The molecule has 2 saturated heterocycles. The highest BCUT2D eigenvalue weighted by Crippen LogP contribution is 2.63. The first-order valence-electron chi connectivity index (χ1n) is 14.9. The van der Waals surface area contributed by atoms with Gasteiger partial charge < -0.3 is 9.47 Å². The molecule has 220 valence electrons. The Morgan fingerprint density at radius 1 is 0.591 bits per heavy atom. The molecule has 3 aromatic rings. The van der Waals surface area contributed by atoms with E-state index in [2.05, 4.69) is 6.08 Å². The highest BCUT2D eigenvalue weighted by molar-refractivity contribution is 6.24. The normalized spacial score (nSPS) is 30.1. The van der Waals surface area contributed by atoms with Gasteiger partial charge in [0.2, 0.25) is 23.6 Å². The third-order valence-corrected chi connectivity index (χ3v) is 10.3. The molecule has 0 unspecified atom stereocenters. The zero-order chi connectivity index (χ0) is 30.3. The maximum Gasteiger partial charge on any atom is 0.238 e. The molecular weight excluding hydrogens is 556 g/mol. The van der Waals surface area contributed by atoms with Gasteiger partial charge in [-0.3, -0.25) is 29.0 Å². The Morgan fingerprint density at radius 2 is 1.14 bits per heavy atom. The number of carbonyl (C=O) groups excluding carboxylic acids is 4. The van der Waals surface area contributed by atoms with Crippen LogP contribution in [0.3, 0.4) is 0 Å². The topological polar surface area (TPSA) is 93.2 Å². The summed E-state index contributed by atoms with van der Waals surface area (Å²) >= 11 is 0. The molecule has 0 N–H and O–H groups in total. The van der Waals surface area contributed by atoms with E-state index in [1.165, 1.54) is 9.80 Å². The van der Waals surface area contributed by atoms with Gasteiger partial charge in [0.15, 0.2) is 0 Å². The zero-order valence-electron chi connectivity index (χ0n) is 24.3. The van der Waals surface area contributed by atoms with Gasteiger partial charge in [0, 0.05) is 11.8 Å². The summed E-state index contributed by atoms with van der Waals surface area (Å²) in [6.45, 7) is 0. The van der Waals surface area contributed by atoms with Crippen LogP contribution in [-0.4, -0.2) is 37.8 Å². The zero-order valence-corrected chi connectivity index (χ0v) is 24.3. The van der Waals surface area contributed by atoms with Gasteiger partial charge in [-0.15, -0.1) is 0 Å². The predicted molar refractivity (Wildman–Crippen MR) is 163 cm³/mol. The molecular formula is C36H30N2O6. The molecule has 44 heavy (non-hydrogen) atoms. The van der Waals surface area contributed by atoms with Crippen molar-refractivity contribution in [3.63, 3.8) is 0 Å². The van der Waals surface area contributed by atoms with Gasteiger partial charge in [0.1, 0.15) is 11.5 Å². The number of allylic oxidation sites excluding steroid dienone is 4. The number of rotatable bonds is 5. The molecule has 2 aliphatic heterocycles. The summed E-state index contributed by atoms with van der Waals surface area (Å²) in [5.41, 5.74) is 4.03. The monoisotopic (exact) mass is 586 g/mol. The average molecular weight is 587 g/mol. The van der Waals surface area contributed by atoms with E-state index in [1.807, 2.05) is 36.4 Å². The lowest BCUT2D eigenvalue weighted by molar-refractivity contribution is -0.129. The van der Waals surface area contributed by atoms with Crippen molar-refractivity contribution in [3.8, 4) is 11.5 Å². The van der Waals surface area contributed by atoms with Crippen molar-refractivity contribution in [2.45, 2.75) is 6.42 Å². The molecule has 7 atom stereocenters. The number of hydrogen-bond donors (Lipinski definition) is 0. The van der Waals surface area contributed by atoms with E-state index in [4.69, 9.17) is 9.47 Å². The molecule has 1 saturated carbocycles. The van der Waals surface area contributed by atoms with Crippen LogP contribution in [0.4, 0.5) is 11.4 Å². The molecule has 0 aromatic heterocycles. The Balaban J connectivity index is 1.25. The minimum Gasteiger partial charge on any atom is -0.497 e. The highest BCUT2D eigenvalue weighted by Gasteiger charge is 2.67. The Labute approximate surface area is 254 Å². The third kappa shape index (κ3) is 3.57. The molecule has 4 aliphatic carbocycles. The minimum atomic E-state index is -0.622. The standard InChI is InChI=1S/C36H30N2O6/c1-43-22-12-8-20(9-13-22)37-33(39)27-18-26(19-6-4-3-5-7-19)28-24-16-17-25(29(28)32(27)36(37)42)31-30(24)34(40)38(35(31)41)21-10-14-23(44-2)15-11-21/h3-17,24-25,27,29-32H,18H2,1-2H3/t24-,25-,27+,29+,30-,31+,32-/m1/s1. The lowest BCUT2D eigenvalue weighted by Crippen LogP contribution is -2.51. The number of ether oxygens (including phenoxy) is 2. The summed E-state index contributed by atoms with van der Waals surface area (Å²) in [6.07, 6.45) is 4.49. The van der Waals surface area contributed by atoms with Gasteiger partial charge in [-0.25, -0.2) is 0 Å². The van der Waals surface area contributed by atoms with Crippen LogP contribution in [-0.2, 0) is 19.2 Å². The van der Waals surface area contributed by atoms with Gasteiger partial charge in [-0.05, 0) is 72.0 Å². The predicted octanol–water partition coefficient (Wildman–Crippen LogP) is 4.90. The smallest absolute Gasteiger partial charge is 0.238 e. The lowest BCUT2D eigenvalue weighted by atomic mass is 9.49. The average Bonchev–Trinajstić information content (AvgIpc) is 3.50. The SMILES string of the molecule is COc1ccc(N2C(=O)[C@H]3[C@@H]4C=C[C@H](C5=C(c6ccccc6)C[C@@H]6C(=O)N(c7ccc(OC)cc7)C(=O)[C@H]6[C@H]54)[C@H]3C2=O)cc1. The molecule has 0 spiro atoms. The first-order valence-corrected chi connectivity index (χ1v) is 14.9. The maximum atomic E-state index is 14.3. The quantitative estimate of drug-likeness (QED) is 0.312. The number of anilines is 2. The molecule has 4 amide bonds. The molecule has 9 rings (SSSR count). The molecule has 6 aliphatic rings. The van der Waals surface area contributed by atoms with E-state index in [0.29, 0.717) is 29.3 Å². The van der Waals surface area contributed by atoms with Crippen LogP contribution in [0.2, 0.25) is 0 Å². The van der Waals surface area contributed by atoms with E-state index in [1.54, 1.807) is 62.8 Å². The fourth-order valence-electron chi connectivity index (χ4n) is 8.49. The number of imide groups is 2. The van der Waals surface area contributed by atoms with Crippen LogP contribution in [0.5, 0.6) is 11.5 Å². The van der Waals surface area contributed by atoms with Crippen molar-refractivity contribution < 1.29 is 28.7 Å². The summed E-state index contributed by atoms with van der Waals surface area (Å²) in [4.78, 5) is 59.3. The van der Waals surface area contributed by atoms with Crippen molar-refractivity contribution >= 4 is 40.6 Å². The van der Waals surface area contributed by atoms with E-state index < -0.39 is 29.6 Å². The number of hydrogen-bond acceptors (Lipinski definition) is 6. The molecule has 3 aromatic carbocycles. The summed E-state index contributed by atoms with van der Waals surface area (Å²) in [5.74, 6) is -3.15. The largest absolute Gasteiger partial charge is 0.497 e. The number of benzene rings is 3. The van der Waals surface area contributed by atoms with Crippen LogP contribution in [0, 0.1) is 41.4 Å². The molecule has 3 fully saturated rings. The Hall–Kier alpha value is -4.98. The van der Waals surface area contributed by atoms with Crippen molar-refractivity contribution in [1.29, 1.82) is 0 Å². The molecule has 2 heterocycles. The second-order valence-electron chi connectivity index (χ2n) is 12.1. The van der Waals surface area contributed by atoms with Gasteiger partial charge in [0.05, 0.1) is 49.3 Å². The number of amides is 4. The third-order valence-electron chi connectivity index (χ3n) is 10.3. The number of nitrogens with zero attached hydrogens (tertiary/aromatic N) is 2. The Bertz CT molecular complexity index is 1780. The molecule has 0 radical (unpaired) electrons. The van der Waals surface area contributed by atoms with Gasteiger partial charge >= 0.3 is 0 Å². The fourth-order valence-corrected chi connectivity index (χ4v) is 8.49. The molecule has 8 nitrogen and oxygen atoms in total. The Kier molecular flexibility index (Phi) is 5.92. The van der Waals surface area contributed by atoms with Gasteiger partial charge in [-0.2, -0.15) is 0 Å². The van der Waals surface area contributed by atoms with Crippen LogP contribution in [0.15, 0.2) is 96.6 Å². The van der Waals surface area contributed by atoms with Gasteiger partial charge in [-0.1, -0.05) is 48.1 Å². The van der Waals surface area contributed by atoms with Crippen LogP contribution in [0.25, 0.3) is 5.57 Å². The fraction of sp³-hybridized carbons (Fsp3) is 0.278. The maximum absolute atomic E-state index is 14.3. The minimum absolute atomic E-state index is 0.223. The first kappa shape index (κ1) is 26.6. The van der Waals surface area contributed by atoms with Crippen LogP contribution < -0.4 is 19.3 Å². The van der Waals surface area contributed by atoms with E-state index >= 15 is 0 Å². The number of methoxy groups -OCH3 is 2. The lowest BCUT2D eigenvalue weighted by Gasteiger charge is -2.51. The second kappa shape index (κ2) is 9.77. The highest BCUT2D eigenvalue weighted by atomic mass is 16.5. The molecule has 8 heteroatoms. The van der Waals surface area contributed by atoms with E-state index in [9.17, 15) is 19.2 Å². The summed E-state index contributed by atoms with van der Waals surface area (Å²) in [5, 5.41) is 0. The van der Waals surface area contributed by atoms with Crippen molar-refractivity contribution in [1.82, 2.24) is 0 Å². The van der Waals surface area contributed by atoms with Crippen molar-refractivity contribution in [2.24, 2.45) is 41.4 Å². The summed E-state index contributed by atoms with van der Waals surface area (Å²) < 4.78 is 10.6. The number of carbonyl (C=O) groups is 4.